The fourth-order valence-electron chi connectivity index (χ4n) is 2.63. The van der Waals surface area contributed by atoms with Crippen molar-refractivity contribution in [2.45, 2.75) is 0 Å². The van der Waals surface area contributed by atoms with Crippen molar-refractivity contribution >= 4 is 22.2 Å². The number of rotatable bonds is 2. The summed E-state index contributed by atoms with van der Waals surface area (Å²) in [6.07, 6.45) is 0. The Morgan fingerprint density at radius 2 is 1.91 bits per heavy atom. The second kappa shape index (κ2) is 4.95. The molecular formula is C17H15N5O. The molecule has 0 saturated carbocycles. The Bertz CT molecular complexity index is 1080. The second-order valence-corrected chi connectivity index (χ2v) is 5.59. The molecule has 6 heteroatoms. The third-order valence-corrected chi connectivity index (χ3v) is 3.83. The molecule has 114 valence electrons. The van der Waals surface area contributed by atoms with Gasteiger partial charge in [0.25, 0.3) is 0 Å². The molecule has 0 unspecified atom stereocenters. The Morgan fingerprint density at radius 1 is 1.09 bits per heavy atom. The molecule has 0 bridgehead atoms. The van der Waals surface area contributed by atoms with Crippen molar-refractivity contribution in [1.29, 1.82) is 0 Å². The number of hydrogen-bond donors (Lipinski definition) is 1. The fourth-order valence-corrected chi connectivity index (χ4v) is 2.63. The SMILES string of the molecule is CN(C)c1cccc(-c2nc3c4ccccc4[nH]c(=O)n3n2)c1. The Kier molecular flexibility index (Phi) is 2.90. The lowest BCUT2D eigenvalue weighted by molar-refractivity contribution is 0.885. The first-order valence-electron chi connectivity index (χ1n) is 7.29. The number of fused-ring (bicyclic) bond motifs is 3. The van der Waals surface area contributed by atoms with Crippen LogP contribution in [-0.4, -0.2) is 33.7 Å². The van der Waals surface area contributed by atoms with Gasteiger partial charge in [0.1, 0.15) is 0 Å². The molecular weight excluding hydrogens is 290 g/mol. The van der Waals surface area contributed by atoms with Crippen LogP contribution in [0.3, 0.4) is 0 Å². The van der Waals surface area contributed by atoms with Crippen LogP contribution in [0, 0.1) is 0 Å². The average Bonchev–Trinajstić information content (AvgIpc) is 3.01. The highest BCUT2D eigenvalue weighted by atomic mass is 16.1. The maximum atomic E-state index is 12.2. The Morgan fingerprint density at radius 3 is 2.74 bits per heavy atom. The lowest BCUT2D eigenvalue weighted by Crippen LogP contribution is -2.17. The van der Waals surface area contributed by atoms with Crippen molar-refractivity contribution in [2.24, 2.45) is 0 Å². The van der Waals surface area contributed by atoms with E-state index in [1.54, 1.807) is 0 Å². The van der Waals surface area contributed by atoms with Gasteiger partial charge in [-0.1, -0.05) is 24.3 Å². The zero-order valence-corrected chi connectivity index (χ0v) is 12.8. The molecule has 23 heavy (non-hydrogen) atoms. The molecule has 2 aromatic carbocycles. The van der Waals surface area contributed by atoms with Crippen molar-refractivity contribution in [2.75, 3.05) is 19.0 Å². The predicted molar refractivity (Wildman–Crippen MR) is 90.9 cm³/mol. The first-order chi connectivity index (χ1) is 11.1. The molecule has 0 amide bonds. The summed E-state index contributed by atoms with van der Waals surface area (Å²) in [6, 6.07) is 15.5. The van der Waals surface area contributed by atoms with Crippen LogP contribution in [-0.2, 0) is 0 Å². The number of aromatic nitrogens is 4. The van der Waals surface area contributed by atoms with Crippen LogP contribution in [0.15, 0.2) is 53.3 Å². The lowest BCUT2D eigenvalue weighted by Gasteiger charge is -2.12. The summed E-state index contributed by atoms with van der Waals surface area (Å²) >= 11 is 0. The minimum Gasteiger partial charge on any atom is -0.378 e. The standard InChI is InChI=1S/C17H15N5O/c1-21(2)12-7-5-6-11(10-12)15-19-16-13-8-3-4-9-14(13)18-17(23)22(16)20-15/h3-10H,1-2H3,(H,18,23). The number of benzene rings is 2. The number of hydrogen-bond acceptors (Lipinski definition) is 4. The second-order valence-electron chi connectivity index (χ2n) is 5.59. The van der Waals surface area contributed by atoms with Crippen LogP contribution in [0.5, 0.6) is 0 Å². The molecule has 0 saturated heterocycles. The summed E-state index contributed by atoms with van der Waals surface area (Å²) in [6.45, 7) is 0. The van der Waals surface area contributed by atoms with E-state index in [-0.39, 0.29) is 5.69 Å². The maximum absolute atomic E-state index is 12.2. The van der Waals surface area contributed by atoms with Crippen molar-refractivity contribution in [3.63, 3.8) is 0 Å². The van der Waals surface area contributed by atoms with Gasteiger partial charge in [0.05, 0.1) is 5.52 Å². The Balaban J connectivity index is 1.99. The van der Waals surface area contributed by atoms with Gasteiger partial charge in [0.15, 0.2) is 11.5 Å². The first kappa shape index (κ1) is 13.5. The molecule has 2 heterocycles. The molecule has 1 N–H and O–H groups in total. The molecule has 0 radical (unpaired) electrons. The van der Waals surface area contributed by atoms with Crippen LogP contribution < -0.4 is 10.6 Å². The summed E-state index contributed by atoms with van der Waals surface area (Å²) in [7, 11) is 3.96. The van der Waals surface area contributed by atoms with Crippen LogP contribution in [0.1, 0.15) is 0 Å². The van der Waals surface area contributed by atoms with Gasteiger partial charge in [0, 0.05) is 30.7 Å². The summed E-state index contributed by atoms with van der Waals surface area (Å²) in [5.41, 5.74) is 2.96. The third-order valence-electron chi connectivity index (χ3n) is 3.83. The Hall–Kier alpha value is -3.15. The van der Waals surface area contributed by atoms with E-state index in [1.165, 1.54) is 4.52 Å². The summed E-state index contributed by atoms with van der Waals surface area (Å²) in [5.74, 6) is 0.538. The van der Waals surface area contributed by atoms with Crippen LogP contribution >= 0.6 is 0 Å². The largest absolute Gasteiger partial charge is 0.378 e. The highest BCUT2D eigenvalue weighted by Gasteiger charge is 2.12. The van der Waals surface area contributed by atoms with Crippen molar-refractivity contribution < 1.29 is 0 Å². The van der Waals surface area contributed by atoms with E-state index in [0.29, 0.717) is 11.5 Å². The van der Waals surface area contributed by atoms with Crippen molar-refractivity contribution in [1.82, 2.24) is 19.6 Å². The molecule has 2 aromatic heterocycles. The number of nitrogens with one attached hydrogen (secondary N) is 1. The van der Waals surface area contributed by atoms with E-state index in [1.807, 2.05) is 67.5 Å². The van der Waals surface area contributed by atoms with Crippen LogP contribution in [0.4, 0.5) is 5.69 Å². The zero-order valence-electron chi connectivity index (χ0n) is 12.8. The minimum atomic E-state index is -0.291. The Labute approximate surface area is 132 Å². The van der Waals surface area contributed by atoms with E-state index in [2.05, 4.69) is 15.1 Å². The van der Waals surface area contributed by atoms with E-state index in [4.69, 9.17) is 0 Å². The van der Waals surface area contributed by atoms with Gasteiger partial charge in [-0.3, -0.25) is 0 Å². The molecule has 0 spiro atoms. The third kappa shape index (κ3) is 2.15. The van der Waals surface area contributed by atoms with Crippen molar-refractivity contribution in [3.05, 3.63) is 59.0 Å². The van der Waals surface area contributed by atoms with Crippen molar-refractivity contribution in [3.8, 4) is 11.4 Å². The molecule has 0 aliphatic carbocycles. The van der Waals surface area contributed by atoms with Gasteiger partial charge < -0.3 is 9.88 Å². The smallest absolute Gasteiger partial charge is 0.348 e. The molecule has 0 aliphatic heterocycles. The number of H-pyrrole nitrogens is 1. The maximum Gasteiger partial charge on any atom is 0.348 e. The first-order valence-corrected chi connectivity index (χ1v) is 7.29. The minimum absolute atomic E-state index is 0.291. The van der Waals surface area contributed by atoms with Gasteiger partial charge in [-0.25, -0.2) is 9.78 Å². The zero-order chi connectivity index (χ0) is 16.0. The summed E-state index contributed by atoms with van der Waals surface area (Å²) in [5, 5.41) is 5.25. The predicted octanol–water partition coefficient (Wildman–Crippen LogP) is 2.30. The summed E-state index contributed by atoms with van der Waals surface area (Å²) < 4.78 is 1.32. The topological polar surface area (TPSA) is 66.3 Å². The van der Waals surface area contributed by atoms with Gasteiger partial charge in [0.2, 0.25) is 0 Å². The van der Waals surface area contributed by atoms with Gasteiger partial charge in [-0.15, -0.1) is 5.10 Å². The lowest BCUT2D eigenvalue weighted by atomic mass is 10.2. The molecule has 0 fully saturated rings. The van der Waals surface area contributed by atoms with Crippen LogP contribution in [0.2, 0.25) is 0 Å². The van der Waals surface area contributed by atoms with Gasteiger partial charge in [-0.2, -0.15) is 4.52 Å². The number of anilines is 1. The van der Waals surface area contributed by atoms with Gasteiger partial charge in [-0.05, 0) is 24.3 Å². The molecule has 6 nitrogen and oxygen atoms in total. The highest BCUT2D eigenvalue weighted by Crippen LogP contribution is 2.23. The summed E-state index contributed by atoms with van der Waals surface area (Å²) in [4.78, 5) is 21.6. The fraction of sp³-hybridized carbons (Fsp3) is 0.118. The quantitative estimate of drug-likeness (QED) is 0.617. The molecule has 0 atom stereocenters. The van der Waals surface area contributed by atoms with E-state index in [9.17, 15) is 4.79 Å². The number of nitrogens with zero attached hydrogens (tertiary/aromatic N) is 4. The van der Waals surface area contributed by atoms with E-state index in [0.717, 1.165) is 22.2 Å². The number of aromatic amines is 1. The normalized spacial score (nSPS) is 11.2. The highest BCUT2D eigenvalue weighted by molar-refractivity contribution is 5.91. The average molecular weight is 305 g/mol. The molecule has 0 aliphatic rings. The van der Waals surface area contributed by atoms with Gasteiger partial charge >= 0.3 is 5.69 Å². The van der Waals surface area contributed by atoms with E-state index >= 15 is 0 Å². The van der Waals surface area contributed by atoms with Crippen LogP contribution in [0.25, 0.3) is 27.9 Å². The molecule has 4 aromatic rings. The molecule has 4 rings (SSSR count). The number of para-hydroxylation sites is 1. The van der Waals surface area contributed by atoms with E-state index < -0.39 is 0 Å². The monoisotopic (exact) mass is 305 g/mol.